The molecule has 0 unspecified atom stereocenters. The van der Waals surface area contributed by atoms with E-state index in [0.717, 1.165) is 18.8 Å². The highest BCUT2D eigenvalue weighted by Gasteiger charge is 2.22. The predicted octanol–water partition coefficient (Wildman–Crippen LogP) is 7.25. The largest absolute Gasteiger partial charge is 0.491 e. The third-order valence-corrected chi connectivity index (χ3v) is 5.50. The molecule has 1 nitrogen and oxygen atoms in total. The van der Waals surface area contributed by atoms with Crippen molar-refractivity contribution in [2.45, 2.75) is 90.4 Å². The van der Waals surface area contributed by atoms with Crippen molar-refractivity contribution < 1.29 is 9.13 Å². The monoisotopic (exact) mass is 334 g/mol. The van der Waals surface area contributed by atoms with Crippen LogP contribution in [0.4, 0.5) is 4.39 Å². The van der Waals surface area contributed by atoms with Gasteiger partial charge in [-0.1, -0.05) is 58.4 Å². The third kappa shape index (κ3) is 6.11. The smallest absolute Gasteiger partial charge is 0.165 e. The highest BCUT2D eigenvalue weighted by atomic mass is 19.1. The Bertz CT molecular complexity index is 463. The van der Waals surface area contributed by atoms with Crippen molar-refractivity contribution in [1.82, 2.24) is 0 Å². The normalized spacial score (nSPS) is 21.0. The van der Waals surface area contributed by atoms with Crippen molar-refractivity contribution in [2.24, 2.45) is 5.92 Å². The van der Waals surface area contributed by atoms with Crippen molar-refractivity contribution in [3.05, 3.63) is 29.6 Å². The second-order valence-corrected chi connectivity index (χ2v) is 7.46. The minimum atomic E-state index is -0.184. The fourth-order valence-corrected chi connectivity index (χ4v) is 3.88. The lowest BCUT2D eigenvalue weighted by molar-refractivity contribution is 0.288. The Morgan fingerprint density at radius 1 is 0.958 bits per heavy atom. The molecule has 136 valence electrons. The van der Waals surface area contributed by atoms with Crippen LogP contribution in [0, 0.1) is 11.7 Å². The number of unbranched alkanes of at least 4 members (excludes halogenated alkanes) is 4. The average molecular weight is 335 g/mol. The highest BCUT2D eigenvalue weighted by Crippen LogP contribution is 2.38. The molecular weight excluding hydrogens is 299 g/mol. The molecule has 0 radical (unpaired) electrons. The van der Waals surface area contributed by atoms with Crippen LogP contribution in [-0.4, -0.2) is 6.61 Å². The molecule has 0 amide bonds. The minimum absolute atomic E-state index is 0.184. The first kappa shape index (κ1) is 19.3. The van der Waals surface area contributed by atoms with E-state index in [1.54, 1.807) is 6.07 Å². The number of rotatable bonds is 10. The summed E-state index contributed by atoms with van der Waals surface area (Å²) in [6.45, 7) is 5.08. The molecule has 0 atom stereocenters. The van der Waals surface area contributed by atoms with Gasteiger partial charge in [0.1, 0.15) is 0 Å². The topological polar surface area (TPSA) is 9.23 Å². The molecule has 0 saturated heterocycles. The molecular formula is C22H35FO. The van der Waals surface area contributed by atoms with Crippen molar-refractivity contribution in [3.8, 4) is 5.75 Å². The van der Waals surface area contributed by atoms with Crippen LogP contribution in [0.25, 0.3) is 0 Å². The fraction of sp³-hybridized carbons (Fsp3) is 0.727. The number of hydrogen-bond acceptors (Lipinski definition) is 1. The van der Waals surface area contributed by atoms with E-state index in [9.17, 15) is 4.39 Å². The van der Waals surface area contributed by atoms with E-state index in [0.29, 0.717) is 18.3 Å². The molecule has 2 rings (SSSR count). The van der Waals surface area contributed by atoms with Crippen LogP contribution in [0.3, 0.4) is 0 Å². The maximum atomic E-state index is 14.3. The van der Waals surface area contributed by atoms with Gasteiger partial charge < -0.3 is 4.74 Å². The molecule has 2 heteroatoms. The zero-order valence-corrected chi connectivity index (χ0v) is 15.7. The Morgan fingerprint density at radius 3 is 2.38 bits per heavy atom. The number of hydrogen-bond donors (Lipinski definition) is 0. The van der Waals surface area contributed by atoms with Gasteiger partial charge in [-0.25, -0.2) is 4.39 Å². The zero-order chi connectivity index (χ0) is 17.2. The van der Waals surface area contributed by atoms with Gasteiger partial charge in [0, 0.05) is 0 Å². The summed E-state index contributed by atoms with van der Waals surface area (Å²) in [5, 5.41) is 0. The molecule has 0 bridgehead atoms. The Morgan fingerprint density at radius 2 is 1.71 bits per heavy atom. The third-order valence-electron chi connectivity index (χ3n) is 5.50. The lowest BCUT2D eigenvalue weighted by atomic mass is 9.77. The van der Waals surface area contributed by atoms with Crippen LogP contribution in [0.2, 0.25) is 0 Å². The molecule has 0 aliphatic heterocycles. The molecule has 24 heavy (non-hydrogen) atoms. The average Bonchev–Trinajstić information content (AvgIpc) is 2.61. The summed E-state index contributed by atoms with van der Waals surface area (Å²) < 4.78 is 19.9. The van der Waals surface area contributed by atoms with Crippen LogP contribution < -0.4 is 4.74 Å². The van der Waals surface area contributed by atoms with E-state index in [1.165, 1.54) is 63.4 Å². The van der Waals surface area contributed by atoms with Gasteiger partial charge in [0.05, 0.1) is 6.61 Å². The van der Waals surface area contributed by atoms with Gasteiger partial charge in [-0.3, -0.25) is 0 Å². The molecule has 0 N–H and O–H groups in total. The fourth-order valence-electron chi connectivity index (χ4n) is 3.88. The molecule has 1 aromatic carbocycles. The number of benzene rings is 1. The van der Waals surface area contributed by atoms with Crippen LogP contribution in [0.1, 0.15) is 96.0 Å². The van der Waals surface area contributed by atoms with E-state index < -0.39 is 0 Å². The maximum absolute atomic E-state index is 14.3. The lowest BCUT2D eigenvalue weighted by Crippen LogP contribution is -2.13. The molecule has 1 aliphatic rings. The molecule has 1 saturated carbocycles. The first-order valence-corrected chi connectivity index (χ1v) is 10.2. The molecule has 0 aromatic heterocycles. The predicted molar refractivity (Wildman–Crippen MR) is 100 cm³/mol. The summed E-state index contributed by atoms with van der Waals surface area (Å²) in [6, 6.07) is 5.65. The van der Waals surface area contributed by atoms with Crippen LogP contribution in [0.5, 0.6) is 5.75 Å². The van der Waals surface area contributed by atoms with Gasteiger partial charge >= 0.3 is 0 Å². The SMILES string of the molecule is CCCCCCOc1ccc(C2CCC(CCCC)CC2)cc1F. The van der Waals surface area contributed by atoms with Gasteiger partial charge in [0.25, 0.3) is 0 Å². The standard InChI is InChI=1S/C22H35FO/c1-3-5-7-8-16-24-22-15-14-20(17-21(22)23)19-12-10-18(11-13-19)9-6-4-2/h14-15,17-19H,3-13,16H2,1-2H3. The van der Waals surface area contributed by atoms with Crippen molar-refractivity contribution in [1.29, 1.82) is 0 Å². The molecule has 1 fully saturated rings. The molecule has 0 spiro atoms. The second-order valence-electron chi connectivity index (χ2n) is 7.46. The first-order valence-electron chi connectivity index (χ1n) is 10.2. The van der Waals surface area contributed by atoms with Crippen LogP contribution in [0.15, 0.2) is 18.2 Å². The molecule has 1 aromatic rings. The summed E-state index contributed by atoms with van der Waals surface area (Å²) >= 11 is 0. The molecule has 0 heterocycles. The number of ether oxygens (including phenoxy) is 1. The summed E-state index contributed by atoms with van der Waals surface area (Å²) in [5.41, 5.74) is 1.17. The van der Waals surface area contributed by atoms with Crippen molar-refractivity contribution in [2.75, 3.05) is 6.61 Å². The zero-order valence-electron chi connectivity index (χ0n) is 15.7. The van der Waals surface area contributed by atoms with E-state index in [1.807, 2.05) is 6.07 Å². The summed E-state index contributed by atoms with van der Waals surface area (Å²) in [5.74, 6) is 1.68. The Labute approximate surface area is 148 Å². The van der Waals surface area contributed by atoms with E-state index >= 15 is 0 Å². The Kier molecular flexibility index (Phi) is 8.63. The Balaban J connectivity index is 1.79. The first-order chi connectivity index (χ1) is 11.7. The second kappa shape index (κ2) is 10.7. The summed E-state index contributed by atoms with van der Waals surface area (Å²) in [4.78, 5) is 0. The maximum Gasteiger partial charge on any atom is 0.165 e. The summed E-state index contributed by atoms with van der Waals surface area (Å²) in [6.07, 6.45) is 13.7. The highest BCUT2D eigenvalue weighted by molar-refractivity contribution is 5.31. The van der Waals surface area contributed by atoms with E-state index in [4.69, 9.17) is 4.74 Å². The van der Waals surface area contributed by atoms with Crippen LogP contribution >= 0.6 is 0 Å². The van der Waals surface area contributed by atoms with E-state index in [-0.39, 0.29) is 5.82 Å². The van der Waals surface area contributed by atoms with Gasteiger partial charge in [0.15, 0.2) is 11.6 Å². The van der Waals surface area contributed by atoms with Gasteiger partial charge in [-0.15, -0.1) is 0 Å². The van der Waals surface area contributed by atoms with Crippen molar-refractivity contribution >= 4 is 0 Å². The number of halogens is 1. The summed E-state index contributed by atoms with van der Waals surface area (Å²) in [7, 11) is 0. The Hall–Kier alpha value is -1.05. The van der Waals surface area contributed by atoms with Crippen LogP contribution in [-0.2, 0) is 0 Å². The van der Waals surface area contributed by atoms with E-state index in [2.05, 4.69) is 19.9 Å². The lowest BCUT2D eigenvalue weighted by Gasteiger charge is -2.29. The minimum Gasteiger partial charge on any atom is -0.491 e. The van der Waals surface area contributed by atoms with Gasteiger partial charge in [-0.2, -0.15) is 0 Å². The van der Waals surface area contributed by atoms with Gasteiger partial charge in [-0.05, 0) is 61.6 Å². The quantitative estimate of drug-likeness (QED) is 0.409. The molecule has 1 aliphatic carbocycles. The van der Waals surface area contributed by atoms with Gasteiger partial charge in [0.2, 0.25) is 0 Å². The van der Waals surface area contributed by atoms with Crippen molar-refractivity contribution in [3.63, 3.8) is 0 Å².